The molecule has 0 atom stereocenters. The molecule has 5 heteroatoms. The maximum Gasteiger partial charge on any atom is 0.250 e. The summed E-state index contributed by atoms with van der Waals surface area (Å²) in [6, 6.07) is 22.4. The minimum Gasteiger partial charge on any atom is -0.489 e. The molecule has 3 aromatic rings. The number of nitrogens with one attached hydrogen (secondary N) is 1. The van der Waals surface area contributed by atoms with Gasteiger partial charge in [0.2, 0.25) is 5.91 Å². The third-order valence-electron chi connectivity index (χ3n) is 4.59. The van der Waals surface area contributed by atoms with Crippen LogP contribution in [0.5, 0.6) is 5.75 Å². The summed E-state index contributed by atoms with van der Waals surface area (Å²) in [5, 5.41) is 4.05. The summed E-state index contributed by atoms with van der Waals surface area (Å²) in [5.41, 5.74) is 9.58. The molecule has 1 amide bonds. The summed E-state index contributed by atoms with van der Waals surface area (Å²) in [7, 11) is 0. The normalized spacial score (nSPS) is 10.9. The Morgan fingerprint density at radius 2 is 1.58 bits per heavy atom. The largest absolute Gasteiger partial charge is 0.489 e. The van der Waals surface area contributed by atoms with E-state index < -0.39 is 0 Å². The molecule has 0 fully saturated rings. The van der Waals surface area contributed by atoms with Crippen LogP contribution in [-0.4, -0.2) is 17.9 Å². The second-order valence-corrected chi connectivity index (χ2v) is 8.61. The molecule has 0 aliphatic rings. The Hall–Kier alpha value is -3.05. The maximum absolute atomic E-state index is 12.0. The maximum atomic E-state index is 12.0. The fraction of sp³-hybridized carbons (Fsp3) is 0.231. The highest BCUT2D eigenvalue weighted by atomic mass is 32.2. The molecule has 31 heavy (non-hydrogen) atoms. The van der Waals surface area contributed by atoms with Gasteiger partial charge in [-0.1, -0.05) is 59.2 Å². The molecular weight excluding hydrogens is 404 g/mol. The summed E-state index contributed by atoms with van der Waals surface area (Å²) in [6.07, 6.45) is 1.64. The first-order valence-electron chi connectivity index (χ1n) is 10.2. The first-order valence-corrected chi connectivity index (χ1v) is 11.4. The van der Waals surface area contributed by atoms with E-state index in [2.05, 4.69) is 73.8 Å². The number of hydrogen-bond acceptors (Lipinski definition) is 4. The number of aryl methyl sites for hydroxylation is 3. The Morgan fingerprint density at radius 3 is 2.26 bits per heavy atom. The van der Waals surface area contributed by atoms with Gasteiger partial charge in [0, 0.05) is 5.75 Å². The summed E-state index contributed by atoms with van der Waals surface area (Å²) in [4.78, 5) is 12.0. The highest BCUT2D eigenvalue weighted by Gasteiger charge is 2.02. The number of amides is 1. The molecule has 0 heterocycles. The lowest BCUT2D eigenvalue weighted by atomic mass is 10.1. The van der Waals surface area contributed by atoms with Gasteiger partial charge in [-0.05, 0) is 61.7 Å². The van der Waals surface area contributed by atoms with Crippen LogP contribution < -0.4 is 10.2 Å². The van der Waals surface area contributed by atoms with Crippen molar-refractivity contribution in [3.63, 3.8) is 0 Å². The second-order valence-electron chi connectivity index (χ2n) is 7.63. The Balaban J connectivity index is 1.38. The van der Waals surface area contributed by atoms with E-state index in [4.69, 9.17) is 4.74 Å². The van der Waals surface area contributed by atoms with E-state index in [0.717, 1.165) is 22.6 Å². The van der Waals surface area contributed by atoms with E-state index in [0.29, 0.717) is 12.4 Å². The highest BCUT2D eigenvalue weighted by molar-refractivity contribution is 7.99. The minimum atomic E-state index is -0.108. The zero-order chi connectivity index (χ0) is 22.1. The van der Waals surface area contributed by atoms with Crippen molar-refractivity contribution >= 4 is 23.9 Å². The lowest BCUT2D eigenvalue weighted by Crippen LogP contribution is -2.19. The summed E-state index contributed by atoms with van der Waals surface area (Å²) in [6.45, 7) is 6.78. The predicted octanol–water partition coefficient (Wildman–Crippen LogP) is 5.57. The Labute approximate surface area is 188 Å². The molecule has 0 aliphatic carbocycles. The van der Waals surface area contributed by atoms with Gasteiger partial charge in [0.15, 0.2) is 0 Å². The smallest absolute Gasteiger partial charge is 0.250 e. The predicted molar refractivity (Wildman–Crippen MR) is 130 cm³/mol. The van der Waals surface area contributed by atoms with Gasteiger partial charge in [-0.2, -0.15) is 5.10 Å². The molecule has 1 N–H and O–H groups in total. The van der Waals surface area contributed by atoms with Crippen molar-refractivity contribution in [3.05, 3.63) is 100 Å². The molecule has 0 saturated carbocycles. The number of thioether (sulfide) groups is 1. The number of carbonyl (C=O) groups excluding carboxylic acids is 1. The lowest BCUT2D eigenvalue weighted by molar-refractivity contribution is -0.118. The van der Waals surface area contributed by atoms with Crippen molar-refractivity contribution in [1.82, 2.24) is 5.43 Å². The van der Waals surface area contributed by atoms with Crippen molar-refractivity contribution in [2.75, 3.05) is 5.75 Å². The molecular formula is C26H28N2O2S. The number of ether oxygens (including phenoxy) is 1. The van der Waals surface area contributed by atoms with Crippen LogP contribution in [0.3, 0.4) is 0 Å². The molecule has 0 bridgehead atoms. The van der Waals surface area contributed by atoms with Gasteiger partial charge in [-0.25, -0.2) is 5.43 Å². The number of rotatable bonds is 9. The minimum absolute atomic E-state index is 0.108. The monoisotopic (exact) mass is 432 g/mol. The van der Waals surface area contributed by atoms with E-state index in [-0.39, 0.29) is 5.91 Å². The van der Waals surface area contributed by atoms with Gasteiger partial charge in [0.25, 0.3) is 0 Å². The van der Waals surface area contributed by atoms with Crippen LogP contribution >= 0.6 is 11.8 Å². The van der Waals surface area contributed by atoms with Crippen LogP contribution in [0.4, 0.5) is 0 Å². The quantitative estimate of drug-likeness (QED) is 0.355. The number of carbonyl (C=O) groups is 1. The lowest BCUT2D eigenvalue weighted by Gasteiger charge is -2.07. The fourth-order valence-corrected chi connectivity index (χ4v) is 3.88. The topological polar surface area (TPSA) is 50.7 Å². The third-order valence-corrected chi connectivity index (χ3v) is 5.60. The molecule has 3 aromatic carbocycles. The van der Waals surface area contributed by atoms with Gasteiger partial charge < -0.3 is 4.74 Å². The van der Waals surface area contributed by atoms with Crippen LogP contribution in [0.2, 0.25) is 0 Å². The Morgan fingerprint density at radius 1 is 0.903 bits per heavy atom. The standard InChI is InChI=1S/C26H28N2O2S/c1-19-4-6-23(7-5-19)16-30-25-10-8-22(9-11-25)15-27-28-26(29)18-31-17-24-13-20(2)12-21(3)14-24/h4-15H,16-18H2,1-3H3,(H,28,29)/b27-15-. The Kier molecular flexibility index (Phi) is 8.30. The molecule has 0 spiro atoms. The number of benzene rings is 3. The molecule has 0 unspecified atom stereocenters. The zero-order valence-electron chi connectivity index (χ0n) is 18.2. The van der Waals surface area contributed by atoms with Crippen molar-refractivity contribution < 1.29 is 9.53 Å². The van der Waals surface area contributed by atoms with E-state index in [1.165, 1.54) is 22.3 Å². The van der Waals surface area contributed by atoms with Crippen LogP contribution in [0.1, 0.15) is 33.4 Å². The van der Waals surface area contributed by atoms with Crippen LogP contribution in [-0.2, 0) is 17.2 Å². The molecule has 4 nitrogen and oxygen atoms in total. The molecule has 0 saturated heterocycles. The molecule has 3 rings (SSSR count). The first kappa shape index (κ1) is 22.6. The van der Waals surface area contributed by atoms with Crippen LogP contribution in [0.25, 0.3) is 0 Å². The molecule has 160 valence electrons. The van der Waals surface area contributed by atoms with Gasteiger partial charge in [-0.15, -0.1) is 11.8 Å². The summed E-state index contributed by atoms with van der Waals surface area (Å²) < 4.78 is 5.81. The average Bonchev–Trinajstić information content (AvgIpc) is 2.74. The number of hydrazone groups is 1. The van der Waals surface area contributed by atoms with E-state index >= 15 is 0 Å². The average molecular weight is 433 g/mol. The van der Waals surface area contributed by atoms with Gasteiger partial charge in [-0.3, -0.25) is 4.79 Å². The molecule has 0 aromatic heterocycles. The first-order chi connectivity index (χ1) is 15.0. The van der Waals surface area contributed by atoms with E-state index in [1.54, 1.807) is 18.0 Å². The van der Waals surface area contributed by atoms with Gasteiger partial charge in [0.1, 0.15) is 12.4 Å². The van der Waals surface area contributed by atoms with Crippen molar-refractivity contribution in [2.45, 2.75) is 33.1 Å². The highest BCUT2D eigenvalue weighted by Crippen LogP contribution is 2.16. The second kappa shape index (κ2) is 11.4. The Bertz CT molecular complexity index is 1010. The van der Waals surface area contributed by atoms with E-state index in [1.807, 2.05) is 24.3 Å². The van der Waals surface area contributed by atoms with Crippen molar-refractivity contribution in [3.8, 4) is 5.75 Å². The number of nitrogens with zero attached hydrogens (tertiary/aromatic N) is 1. The van der Waals surface area contributed by atoms with Crippen molar-refractivity contribution in [1.29, 1.82) is 0 Å². The van der Waals surface area contributed by atoms with E-state index in [9.17, 15) is 4.79 Å². The number of hydrogen-bond donors (Lipinski definition) is 1. The zero-order valence-corrected chi connectivity index (χ0v) is 19.0. The van der Waals surface area contributed by atoms with Gasteiger partial charge in [0.05, 0.1) is 12.0 Å². The van der Waals surface area contributed by atoms with Crippen molar-refractivity contribution in [2.24, 2.45) is 5.10 Å². The van der Waals surface area contributed by atoms with Crippen LogP contribution in [0.15, 0.2) is 71.8 Å². The third kappa shape index (κ3) is 7.95. The molecule has 0 aliphatic heterocycles. The van der Waals surface area contributed by atoms with Crippen LogP contribution in [0, 0.1) is 20.8 Å². The van der Waals surface area contributed by atoms with Gasteiger partial charge >= 0.3 is 0 Å². The molecule has 0 radical (unpaired) electrons. The summed E-state index contributed by atoms with van der Waals surface area (Å²) in [5.74, 6) is 1.87. The summed E-state index contributed by atoms with van der Waals surface area (Å²) >= 11 is 1.58. The SMILES string of the molecule is Cc1ccc(COc2ccc(/C=N\NC(=O)CSCc3cc(C)cc(C)c3)cc2)cc1. The fourth-order valence-electron chi connectivity index (χ4n) is 3.13.